The summed E-state index contributed by atoms with van der Waals surface area (Å²) in [5.41, 5.74) is 5.48. The molecular weight excluding hydrogens is 273 g/mol. The summed E-state index contributed by atoms with van der Waals surface area (Å²) in [5.74, 6) is -0.0599. The Hall–Kier alpha value is -0.0300. The molecule has 0 aliphatic carbocycles. The predicted molar refractivity (Wildman–Crippen MR) is 82.8 cm³/mol. The van der Waals surface area contributed by atoms with Gasteiger partial charge in [-0.1, -0.05) is 13.8 Å². The second-order valence-corrected chi connectivity index (χ2v) is 4.37. The molecule has 0 spiro atoms. The molecule has 0 bridgehead atoms. The Bertz CT molecular complexity index is 200. The van der Waals surface area contributed by atoms with Crippen molar-refractivity contribution in [1.29, 1.82) is 0 Å². The zero-order valence-corrected chi connectivity index (χ0v) is 13.6. The lowest BCUT2D eigenvalue weighted by Crippen LogP contribution is -2.42. The number of carbonyl (C=O) groups excluding carboxylic acids is 1. The Morgan fingerprint density at radius 3 is 2.11 bits per heavy atom. The Labute approximate surface area is 124 Å². The number of nitrogens with one attached hydrogen (secondary N) is 1. The van der Waals surface area contributed by atoms with Gasteiger partial charge < -0.3 is 16.0 Å². The molecular formula is C12H29Cl2N3O. The number of nitrogens with zero attached hydrogens (tertiary/aromatic N) is 1. The van der Waals surface area contributed by atoms with Crippen LogP contribution in [-0.4, -0.2) is 42.5 Å². The van der Waals surface area contributed by atoms with Gasteiger partial charge in [0.25, 0.3) is 0 Å². The number of carbonyl (C=O) groups is 1. The fourth-order valence-corrected chi connectivity index (χ4v) is 1.61. The van der Waals surface area contributed by atoms with Gasteiger partial charge >= 0.3 is 0 Å². The monoisotopic (exact) mass is 301 g/mol. The average molecular weight is 302 g/mol. The molecule has 0 aromatic heterocycles. The molecule has 3 N–H and O–H groups in total. The summed E-state index contributed by atoms with van der Waals surface area (Å²) in [6.07, 6.45) is 2.12. The molecule has 0 rings (SSSR count). The minimum atomic E-state index is -0.412. The van der Waals surface area contributed by atoms with Crippen molar-refractivity contribution in [2.24, 2.45) is 5.73 Å². The van der Waals surface area contributed by atoms with Crippen molar-refractivity contribution >= 4 is 30.7 Å². The van der Waals surface area contributed by atoms with E-state index in [1.807, 2.05) is 6.92 Å². The van der Waals surface area contributed by atoms with E-state index in [4.69, 9.17) is 5.73 Å². The zero-order chi connectivity index (χ0) is 12.6. The Morgan fingerprint density at radius 1 is 1.22 bits per heavy atom. The second-order valence-electron chi connectivity index (χ2n) is 4.37. The van der Waals surface area contributed by atoms with Crippen LogP contribution >= 0.6 is 24.8 Å². The SMILES string of the molecule is CCN(CC)CCCC(C)NC(=O)C(C)N.Cl.Cl. The van der Waals surface area contributed by atoms with Gasteiger partial charge in [0.05, 0.1) is 6.04 Å². The largest absolute Gasteiger partial charge is 0.352 e. The number of halogens is 2. The van der Waals surface area contributed by atoms with E-state index in [1.54, 1.807) is 6.92 Å². The Morgan fingerprint density at radius 2 is 1.72 bits per heavy atom. The van der Waals surface area contributed by atoms with Gasteiger partial charge in [-0.15, -0.1) is 24.8 Å². The molecule has 0 saturated carbocycles. The fourth-order valence-electron chi connectivity index (χ4n) is 1.61. The summed E-state index contributed by atoms with van der Waals surface area (Å²) in [7, 11) is 0. The quantitative estimate of drug-likeness (QED) is 0.719. The van der Waals surface area contributed by atoms with Crippen LogP contribution in [0.4, 0.5) is 0 Å². The molecule has 0 heterocycles. The summed E-state index contributed by atoms with van der Waals surface area (Å²) in [4.78, 5) is 13.7. The minimum Gasteiger partial charge on any atom is -0.352 e. The summed E-state index contributed by atoms with van der Waals surface area (Å²) in [6.45, 7) is 11.4. The van der Waals surface area contributed by atoms with Crippen LogP contribution in [0.5, 0.6) is 0 Å². The summed E-state index contributed by atoms with van der Waals surface area (Å²) in [5, 5.41) is 2.91. The van der Waals surface area contributed by atoms with Crippen molar-refractivity contribution in [3.63, 3.8) is 0 Å². The topological polar surface area (TPSA) is 58.4 Å². The number of rotatable bonds is 8. The van der Waals surface area contributed by atoms with Gasteiger partial charge in [-0.2, -0.15) is 0 Å². The molecule has 0 radical (unpaired) electrons. The van der Waals surface area contributed by atoms with Crippen LogP contribution in [0.25, 0.3) is 0 Å². The normalized spacial score (nSPS) is 13.2. The second kappa shape index (κ2) is 13.4. The maximum absolute atomic E-state index is 11.3. The standard InChI is InChI=1S/C12H27N3O.2ClH/c1-5-15(6-2)9-7-8-10(3)14-12(16)11(4)13;;/h10-11H,5-9,13H2,1-4H3,(H,14,16);2*1H. The van der Waals surface area contributed by atoms with Gasteiger partial charge in [-0.25, -0.2) is 0 Å². The molecule has 4 nitrogen and oxygen atoms in total. The summed E-state index contributed by atoms with van der Waals surface area (Å²) >= 11 is 0. The highest BCUT2D eigenvalue weighted by molar-refractivity contribution is 5.85. The van der Waals surface area contributed by atoms with Crippen molar-refractivity contribution in [1.82, 2.24) is 10.2 Å². The van der Waals surface area contributed by atoms with Crippen molar-refractivity contribution in [3.8, 4) is 0 Å². The molecule has 0 fully saturated rings. The van der Waals surface area contributed by atoms with Crippen LogP contribution in [0.3, 0.4) is 0 Å². The van der Waals surface area contributed by atoms with E-state index in [1.165, 1.54) is 0 Å². The van der Waals surface area contributed by atoms with Crippen molar-refractivity contribution in [3.05, 3.63) is 0 Å². The lowest BCUT2D eigenvalue weighted by Gasteiger charge is -2.20. The highest BCUT2D eigenvalue weighted by Crippen LogP contribution is 1.99. The molecule has 2 unspecified atom stereocenters. The number of amides is 1. The summed E-state index contributed by atoms with van der Waals surface area (Å²) < 4.78 is 0. The van der Waals surface area contributed by atoms with E-state index in [0.717, 1.165) is 32.5 Å². The number of hydrogen-bond donors (Lipinski definition) is 2. The molecule has 18 heavy (non-hydrogen) atoms. The molecule has 0 aliphatic rings. The molecule has 0 aromatic rings. The van der Waals surface area contributed by atoms with Gasteiger partial charge in [0.15, 0.2) is 0 Å². The maximum atomic E-state index is 11.3. The van der Waals surface area contributed by atoms with Gasteiger partial charge in [0.2, 0.25) is 5.91 Å². The van der Waals surface area contributed by atoms with Gasteiger partial charge in [0.1, 0.15) is 0 Å². The van der Waals surface area contributed by atoms with E-state index in [9.17, 15) is 4.79 Å². The fraction of sp³-hybridized carbons (Fsp3) is 0.917. The van der Waals surface area contributed by atoms with E-state index < -0.39 is 6.04 Å². The minimum absolute atomic E-state index is 0. The van der Waals surface area contributed by atoms with Crippen LogP contribution < -0.4 is 11.1 Å². The van der Waals surface area contributed by atoms with Crippen LogP contribution in [0, 0.1) is 0 Å². The van der Waals surface area contributed by atoms with E-state index in [2.05, 4.69) is 24.1 Å². The first-order valence-corrected chi connectivity index (χ1v) is 6.29. The third kappa shape index (κ3) is 11.1. The summed E-state index contributed by atoms with van der Waals surface area (Å²) in [6, 6.07) is -0.195. The van der Waals surface area contributed by atoms with Crippen molar-refractivity contribution in [2.45, 2.75) is 52.6 Å². The third-order valence-electron chi connectivity index (χ3n) is 2.81. The molecule has 1 amide bonds. The molecule has 0 saturated heterocycles. The zero-order valence-electron chi connectivity index (χ0n) is 11.9. The lowest BCUT2D eigenvalue weighted by atomic mass is 10.1. The number of hydrogen-bond acceptors (Lipinski definition) is 3. The Kier molecular flexibility index (Phi) is 17.2. The van der Waals surface area contributed by atoms with E-state index in [0.29, 0.717) is 0 Å². The number of nitrogens with two attached hydrogens (primary N) is 1. The van der Waals surface area contributed by atoms with Crippen LogP contribution in [0.2, 0.25) is 0 Å². The molecule has 6 heteroatoms. The molecule has 112 valence electrons. The first-order chi connectivity index (χ1) is 7.51. The van der Waals surface area contributed by atoms with Gasteiger partial charge in [-0.3, -0.25) is 4.79 Å². The van der Waals surface area contributed by atoms with Crippen molar-refractivity contribution < 1.29 is 4.79 Å². The van der Waals surface area contributed by atoms with Crippen LogP contribution in [-0.2, 0) is 4.79 Å². The third-order valence-corrected chi connectivity index (χ3v) is 2.81. The first kappa shape index (κ1) is 23.1. The lowest BCUT2D eigenvalue weighted by molar-refractivity contribution is -0.122. The highest BCUT2D eigenvalue weighted by Gasteiger charge is 2.10. The maximum Gasteiger partial charge on any atom is 0.236 e. The van der Waals surface area contributed by atoms with E-state index in [-0.39, 0.29) is 36.8 Å². The smallest absolute Gasteiger partial charge is 0.236 e. The molecule has 2 atom stereocenters. The molecule has 0 aromatic carbocycles. The van der Waals surface area contributed by atoms with Crippen LogP contribution in [0.15, 0.2) is 0 Å². The van der Waals surface area contributed by atoms with Crippen molar-refractivity contribution in [2.75, 3.05) is 19.6 Å². The van der Waals surface area contributed by atoms with Crippen LogP contribution in [0.1, 0.15) is 40.5 Å². The Balaban J connectivity index is -0.00000112. The van der Waals surface area contributed by atoms with Gasteiger partial charge in [-0.05, 0) is 46.3 Å². The molecule has 0 aliphatic heterocycles. The predicted octanol–water partition coefficient (Wildman–Crippen LogP) is 1.80. The van der Waals surface area contributed by atoms with E-state index >= 15 is 0 Å². The van der Waals surface area contributed by atoms with Gasteiger partial charge in [0, 0.05) is 6.04 Å². The highest BCUT2D eigenvalue weighted by atomic mass is 35.5. The average Bonchev–Trinajstić information content (AvgIpc) is 2.24. The first-order valence-electron chi connectivity index (χ1n) is 6.29.